The number of nitrogens with zero attached hydrogens (tertiary/aromatic N) is 2. The summed E-state index contributed by atoms with van der Waals surface area (Å²) in [6.45, 7) is 0. The molecule has 1 fully saturated rings. The highest BCUT2D eigenvalue weighted by molar-refractivity contribution is 5.84. The Bertz CT molecular complexity index is 660. The SMILES string of the molecule is O=C(CCc1nc(-c2ccco2)no1)NC(C(=O)O)C1CC1. The Balaban J connectivity index is 1.51. The molecule has 0 aromatic carbocycles. The van der Waals surface area contributed by atoms with Crippen LogP contribution in [0.4, 0.5) is 0 Å². The molecule has 2 aromatic heterocycles. The third-order valence-electron chi connectivity index (χ3n) is 3.45. The molecule has 22 heavy (non-hydrogen) atoms. The molecule has 1 saturated carbocycles. The molecule has 1 amide bonds. The summed E-state index contributed by atoms with van der Waals surface area (Å²) in [5, 5.41) is 15.4. The van der Waals surface area contributed by atoms with E-state index in [2.05, 4.69) is 15.5 Å². The zero-order valence-corrected chi connectivity index (χ0v) is 11.7. The van der Waals surface area contributed by atoms with Gasteiger partial charge in [0.2, 0.25) is 17.6 Å². The van der Waals surface area contributed by atoms with Crippen molar-refractivity contribution in [2.24, 2.45) is 5.92 Å². The van der Waals surface area contributed by atoms with Crippen LogP contribution in [0.5, 0.6) is 0 Å². The molecule has 0 bridgehead atoms. The molecule has 1 aliphatic rings. The number of nitrogens with one attached hydrogen (secondary N) is 1. The summed E-state index contributed by atoms with van der Waals surface area (Å²) in [6.07, 6.45) is 3.52. The molecule has 2 aromatic rings. The normalized spacial score (nSPS) is 15.5. The van der Waals surface area contributed by atoms with Crippen molar-refractivity contribution in [1.82, 2.24) is 15.5 Å². The minimum atomic E-state index is -0.992. The van der Waals surface area contributed by atoms with Crippen molar-refractivity contribution in [2.45, 2.75) is 31.7 Å². The fourth-order valence-corrected chi connectivity index (χ4v) is 2.14. The maximum absolute atomic E-state index is 11.8. The van der Waals surface area contributed by atoms with Gasteiger partial charge in [-0.25, -0.2) is 4.79 Å². The van der Waals surface area contributed by atoms with E-state index in [1.54, 1.807) is 12.1 Å². The van der Waals surface area contributed by atoms with Gasteiger partial charge in [0, 0.05) is 12.8 Å². The van der Waals surface area contributed by atoms with Gasteiger partial charge in [0.15, 0.2) is 5.76 Å². The lowest BCUT2D eigenvalue weighted by Gasteiger charge is -2.12. The minimum absolute atomic E-state index is 0.0513. The first-order chi connectivity index (χ1) is 10.6. The lowest BCUT2D eigenvalue weighted by molar-refractivity contribution is -0.142. The van der Waals surface area contributed by atoms with E-state index in [9.17, 15) is 9.59 Å². The number of carboxylic acids is 1. The van der Waals surface area contributed by atoms with Gasteiger partial charge in [-0.2, -0.15) is 4.98 Å². The van der Waals surface area contributed by atoms with E-state index in [1.807, 2.05) is 0 Å². The number of furan rings is 1. The van der Waals surface area contributed by atoms with E-state index < -0.39 is 12.0 Å². The van der Waals surface area contributed by atoms with Gasteiger partial charge in [0.05, 0.1) is 6.26 Å². The molecular weight excluding hydrogens is 290 g/mol. The summed E-state index contributed by atoms with van der Waals surface area (Å²) in [6, 6.07) is 2.62. The molecule has 1 atom stereocenters. The number of hydrogen-bond acceptors (Lipinski definition) is 6. The fraction of sp³-hybridized carbons (Fsp3) is 0.429. The molecule has 2 heterocycles. The third kappa shape index (κ3) is 3.33. The predicted octanol–water partition coefficient (Wildman–Crippen LogP) is 1.24. The standard InChI is InChI=1S/C14H15N3O5/c18-10(15-12(14(19)20)8-3-4-8)5-6-11-16-13(17-22-11)9-2-1-7-21-9/h1-2,7-8,12H,3-6H2,(H,15,18)(H,19,20). The van der Waals surface area contributed by atoms with Crippen molar-refractivity contribution in [3.8, 4) is 11.6 Å². The van der Waals surface area contributed by atoms with E-state index in [4.69, 9.17) is 14.0 Å². The number of carbonyl (C=O) groups is 2. The van der Waals surface area contributed by atoms with Crippen molar-refractivity contribution in [3.05, 3.63) is 24.3 Å². The number of aryl methyl sites for hydroxylation is 1. The molecule has 8 nitrogen and oxygen atoms in total. The van der Waals surface area contributed by atoms with Crippen LogP contribution in [0.2, 0.25) is 0 Å². The van der Waals surface area contributed by atoms with Crippen molar-refractivity contribution in [1.29, 1.82) is 0 Å². The molecular formula is C14H15N3O5. The summed E-state index contributed by atoms with van der Waals surface area (Å²) in [4.78, 5) is 27.0. The molecule has 116 valence electrons. The second-order valence-electron chi connectivity index (χ2n) is 5.21. The molecule has 2 N–H and O–H groups in total. The summed E-state index contributed by atoms with van der Waals surface area (Å²) in [5.74, 6) is -0.165. The molecule has 1 aliphatic carbocycles. The highest BCUT2D eigenvalue weighted by atomic mass is 16.5. The Morgan fingerprint density at radius 2 is 2.27 bits per heavy atom. The Hall–Kier alpha value is -2.64. The summed E-state index contributed by atoms with van der Waals surface area (Å²) in [5.41, 5.74) is 0. The molecule has 0 radical (unpaired) electrons. The van der Waals surface area contributed by atoms with Gasteiger partial charge in [0.25, 0.3) is 0 Å². The van der Waals surface area contributed by atoms with Crippen molar-refractivity contribution < 1.29 is 23.6 Å². The average Bonchev–Trinajstić information content (AvgIpc) is 3.01. The number of carbonyl (C=O) groups excluding carboxylic acids is 1. The number of hydrogen-bond donors (Lipinski definition) is 2. The van der Waals surface area contributed by atoms with E-state index >= 15 is 0 Å². The molecule has 0 spiro atoms. The zero-order valence-electron chi connectivity index (χ0n) is 11.7. The second-order valence-corrected chi connectivity index (χ2v) is 5.21. The van der Waals surface area contributed by atoms with Crippen molar-refractivity contribution >= 4 is 11.9 Å². The van der Waals surface area contributed by atoms with Crippen molar-refractivity contribution in [2.75, 3.05) is 0 Å². The fourth-order valence-electron chi connectivity index (χ4n) is 2.14. The topological polar surface area (TPSA) is 118 Å². The molecule has 8 heteroatoms. The number of aliphatic carboxylic acids is 1. The van der Waals surface area contributed by atoms with Gasteiger partial charge in [-0.1, -0.05) is 5.16 Å². The number of carboxylic acid groups (broad SMARTS) is 1. The van der Waals surface area contributed by atoms with Crippen molar-refractivity contribution in [3.63, 3.8) is 0 Å². The largest absolute Gasteiger partial charge is 0.480 e. The van der Waals surface area contributed by atoms with Crippen LogP contribution in [0.1, 0.15) is 25.2 Å². The summed E-state index contributed by atoms with van der Waals surface area (Å²) < 4.78 is 10.2. The third-order valence-corrected chi connectivity index (χ3v) is 3.45. The van der Waals surface area contributed by atoms with Gasteiger partial charge in [0.1, 0.15) is 6.04 Å². The van der Waals surface area contributed by atoms with Gasteiger partial charge < -0.3 is 19.4 Å². The van der Waals surface area contributed by atoms with Gasteiger partial charge >= 0.3 is 5.97 Å². The quantitative estimate of drug-likeness (QED) is 0.789. The van der Waals surface area contributed by atoms with Crippen LogP contribution >= 0.6 is 0 Å². The maximum atomic E-state index is 11.8. The first-order valence-electron chi connectivity index (χ1n) is 7.02. The number of rotatable bonds is 7. The van der Waals surface area contributed by atoms with E-state index in [1.165, 1.54) is 6.26 Å². The predicted molar refractivity (Wildman–Crippen MR) is 72.6 cm³/mol. The van der Waals surface area contributed by atoms with E-state index in [0.717, 1.165) is 12.8 Å². The van der Waals surface area contributed by atoms with Crippen LogP contribution in [0, 0.1) is 5.92 Å². The molecule has 0 aliphatic heterocycles. The van der Waals surface area contributed by atoms with Crippen LogP contribution in [0.15, 0.2) is 27.3 Å². The Labute approximate surface area is 125 Å². The zero-order chi connectivity index (χ0) is 15.5. The molecule has 0 saturated heterocycles. The van der Waals surface area contributed by atoms with Gasteiger partial charge in [-0.15, -0.1) is 0 Å². The Morgan fingerprint density at radius 3 is 2.91 bits per heavy atom. The van der Waals surface area contributed by atoms with E-state index in [0.29, 0.717) is 17.5 Å². The molecule has 3 rings (SSSR count). The Morgan fingerprint density at radius 1 is 1.45 bits per heavy atom. The highest BCUT2D eigenvalue weighted by Crippen LogP contribution is 2.32. The first kappa shape index (κ1) is 14.3. The second kappa shape index (κ2) is 6.00. The lowest BCUT2D eigenvalue weighted by atomic mass is 10.1. The van der Waals surface area contributed by atoms with Crippen LogP contribution in [0.25, 0.3) is 11.6 Å². The average molecular weight is 305 g/mol. The van der Waals surface area contributed by atoms with Crippen LogP contribution in [-0.2, 0) is 16.0 Å². The maximum Gasteiger partial charge on any atom is 0.326 e. The highest BCUT2D eigenvalue weighted by Gasteiger charge is 2.37. The molecule has 1 unspecified atom stereocenters. The number of amides is 1. The van der Waals surface area contributed by atoms with Crippen LogP contribution < -0.4 is 5.32 Å². The van der Waals surface area contributed by atoms with Gasteiger partial charge in [-0.3, -0.25) is 4.79 Å². The summed E-state index contributed by atoms with van der Waals surface area (Å²) in [7, 11) is 0. The van der Waals surface area contributed by atoms with Crippen LogP contribution in [0.3, 0.4) is 0 Å². The van der Waals surface area contributed by atoms with Crippen LogP contribution in [-0.4, -0.2) is 33.2 Å². The Kier molecular flexibility index (Phi) is 3.90. The van der Waals surface area contributed by atoms with Gasteiger partial charge in [-0.05, 0) is 30.9 Å². The smallest absolute Gasteiger partial charge is 0.326 e. The monoisotopic (exact) mass is 305 g/mol. The minimum Gasteiger partial charge on any atom is -0.480 e. The number of aromatic nitrogens is 2. The lowest BCUT2D eigenvalue weighted by Crippen LogP contribution is -2.42. The first-order valence-corrected chi connectivity index (χ1v) is 7.02. The summed E-state index contributed by atoms with van der Waals surface area (Å²) >= 11 is 0. The van der Waals surface area contributed by atoms with E-state index in [-0.39, 0.29) is 24.7 Å².